The Kier molecular flexibility index (Phi) is 2.34. The molecule has 7 nitrogen and oxygen atoms in total. The number of nitrogens with zero attached hydrogens (tertiary/aromatic N) is 1. The van der Waals surface area contributed by atoms with Gasteiger partial charge in [0, 0.05) is 6.07 Å². The Morgan fingerprint density at radius 1 is 1.62 bits per heavy atom. The van der Waals surface area contributed by atoms with E-state index in [1.165, 1.54) is 0 Å². The molecule has 0 atom stereocenters. The lowest BCUT2D eigenvalue weighted by Gasteiger charge is -1.90. The van der Waals surface area contributed by atoms with Gasteiger partial charge < -0.3 is 16.0 Å². The fourth-order valence-corrected chi connectivity index (χ4v) is 1.21. The van der Waals surface area contributed by atoms with Gasteiger partial charge in [-0.05, 0) is 0 Å². The maximum atomic E-state index is 11.0. The van der Waals surface area contributed by atoms with Crippen molar-refractivity contribution in [1.29, 1.82) is 0 Å². The highest BCUT2D eigenvalue weighted by Gasteiger charge is 2.20. The van der Waals surface area contributed by atoms with Crippen LogP contribution in [-0.4, -0.2) is 25.4 Å². The second-order valence-corrected chi connectivity index (χ2v) is 4.14. The molecule has 0 bridgehead atoms. The number of hydrogen-bond acceptors (Lipinski definition) is 6. The Labute approximate surface area is 73.6 Å². The van der Waals surface area contributed by atoms with Crippen molar-refractivity contribution in [3.8, 4) is 0 Å². The van der Waals surface area contributed by atoms with E-state index in [9.17, 15) is 13.2 Å². The number of sulfone groups is 1. The normalized spacial score (nSPS) is 11.5. The standard InChI is InChI=1S/C5H7N3O4S/c6-2-13(10,11)4-1-3(5(7)9)8-12-4/h1H,2,6H2,(H2,7,9). The molecule has 1 aromatic rings. The van der Waals surface area contributed by atoms with Gasteiger partial charge in [-0.15, -0.1) is 0 Å². The zero-order valence-corrected chi connectivity index (χ0v) is 7.24. The van der Waals surface area contributed by atoms with E-state index in [0.29, 0.717) is 0 Å². The third kappa shape index (κ3) is 1.84. The number of carbonyl (C=O) groups is 1. The Morgan fingerprint density at radius 2 is 2.23 bits per heavy atom. The lowest BCUT2D eigenvalue weighted by atomic mass is 10.4. The first-order chi connectivity index (χ1) is 5.97. The molecule has 1 heterocycles. The summed E-state index contributed by atoms with van der Waals surface area (Å²) in [6, 6.07) is 0.935. The van der Waals surface area contributed by atoms with Crippen LogP contribution in [0.4, 0.5) is 0 Å². The summed E-state index contributed by atoms with van der Waals surface area (Å²) in [5, 5.41) is 2.69. The first-order valence-corrected chi connectivity index (χ1v) is 4.82. The molecular weight excluding hydrogens is 198 g/mol. The van der Waals surface area contributed by atoms with Crippen LogP contribution in [0.2, 0.25) is 0 Å². The summed E-state index contributed by atoms with van der Waals surface area (Å²) in [6.45, 7) is 0. The average molecular weight is 205 g/mol. The van der Waals surface area contributed by atoms with Crippen molar-refractivity contribution >= 4 is 15.7 Å². The Balaban J connectivity index is 3.13. The quantitative estimate of drug-likeness (QED) is 0.615. The second-order valence-electron chi connectivity index (χ2n) is 2.18. The molecule has 1 aromatic heterocycles. The van der Waals surface area contributed by atoms with Gasteiger partial charge in [0.1, 0.15) is 5.88 Å². The van der Waals surface area contributed by atoms with Gasteiger partial charge in [0.15, 0.2) is 5.69 Å². The van der Waals surface area contributed by atoms with Crippen molar-refractivity contribution in [2.75, 3.05) is 5.88 Å². The van der Waals surface area contributed by atoms with E-state index >= 15 is 0 Å². The molecule has 0 aliphatic carbocycles. The lowest BCUT2D eigenvalue weighted by Crippen LogP contribution is -2.14. The van der Waals surface area contributed by atoms with Gasteiger partial charge in [-0.3, -0.25) is 4.79 Å². The number of hydrogen-bond donors (Lipinski definition) is 2. The molecule has 0 saturated carbocycles. The number of amides is 1. The molecule has 1 rings (SSSR count). The molecule has 0 radical (unpaired) electrons. The third-order valence-electron chi connectivity index (χ3n) is 1.27. The van der Waals surface area contributed by atoms with E-state index in [1.807, 2.05) is 0 Å². The van der Waals surface area contributed by atoms with Crippen molar-refractivity contribution in [2.24, 2.45) is 11.5 Å². The Bertz CT molecular complexity index is 421. The second kappa shape index (κ2) is 3.15. The third-order valence-corrected chi connectivity index (χ3v) is 2.51. The fourth-order valence-electron chi connectivity index (χ4n) is 0.603. The van der Waals surface area contributed by atoms with Crippen LogP contribution in [0.25, 0.3) is 0 Å². The van der Waals surface area contributed by atoms with Crippen LogP contribution in [0.5, 0.6) is 0 Å². The predicted octanol–water partition coefficient (Wildman–Crippen LogP) is -1.54. The number of carbonyl (C=O) groups excluding carboxylic acids is 1. The van der Waals surface area contributed by atoms with Gasteiger partial charge in [0.25, 0.3) is 11.0 Å². The highest BCUT2D eigenvalue weighted by Crippen LogP contribution is 2.10. The largest absolute Gasteiger partial charge is 0.364 e. The minimum Gasteiger partial charge on any atom is -0.364 e. The van der Waals surface area contributed by atoms with Gasteiger partial charge in [-0.25, -0.2) is 8.42 Å². The molecule has 8 heteroatoms. The molecule has 0 unspecified atom stereocenters. The van der Waals surface area contributed by atoms with Gasteiger partial charge in [0.05, 0.1) is 0 Å². The number of rotatable bonds is 3. The summed E-state index contributed by atoms with van der Waals surface area (Å²) in [5.74, 6) is -1.47. The zero-order chi connectivity index (χ0) is 10.1. The molecule has 4 N–H and O–H groups in total. The Hall–Kier alpha value is -1.41. The van der Waals surface area contributed by atoms with Crippen LogP contribution >= 0.6 is 0 Å². The molecule has 72 valence electrons. The van der Waals surface area contributed by atoms with Crippen molar-refractivity contribution in [2.45, 2.75) is 5.09 Å². The van der Waals surface area contributed by atoms with E-state index < -0.39 is 26.7 Å². The van der Waals surface area contributed by atoms with Crippen LogP contribution < -0.4 is 11.5 Å². The summed E-state index contributed by atoms with van der Waals surface area (Å²) in [5.41, 5.74) is 9.51. The summed E-state index contributed by atoms with van der Waals surface area (Å²) in [7, 11) is -3.67. The predicted molar refractivity (Wildman–Crippen MR) is 41.3 cm³/mol. The SMILES string of the molecule is NCS(=O)(=O)c1cc(C(N)=O)no1. The van der Waals surface area contributed by atoms with Gasteiger partial charge in [0.2, 0.25) is 9.84 Å². The molecule has 13 heavy (non-hydrogen) atoms. The van der Waals surface area contributed by atoms with Gasteiger partial charge in [-0.1, -0.05) is 5.16 Å². The molecule has 0 aliphatic rings. The minimum absolute atomic E-state index is 0.243. The average Bonchev–Trinajstić information content (AvgIpc) is 2.52. The highest BCUT2D eigenvalue weighted by atomic mass is 32.2. The summed E-state index contributed by atoms with van der Waals surface area (Å²) in [6.07, 6.45) is 0. The molecule has 0 spiro atoms. The monoisotopic (exact) mass is 205 g/mol. The number of aromatic nitrogens is 1. The van der Waals surface area contributed by atoms with Gasteiger partial charge in [-0.2, -0.15) is 0 Å². The summed E-state index contributed by atoms with van der Waals surface area (Å²) < 4.78 is 26.4. The van der Waals surface area contributed by atoms with E-state index in [2.05, 4.69) is 9.68 Å². The number of primary amides is 1. The zero-order valence-electron chi connectivity index (χ0n) is 6.43. The molecule has 0 saturated heterocycles. The maximum Gasteiger partial charge on any atom is 0.270 e. The molecule has 0 aliphatic heterocycles. The van der Waals surface area contributed by atoms with E-state index in [0.717, 1.165) is 6.07 Å². The minimum atomic E-state index is -3.67. The molecule has 0 fully saturated rings. The number of nitrogens with two attached hydrogens (primary N) is 2. The van der Waals surface area contributed by atoms with E-state index in [4.69, 9.17) is 11.5 Å². The van der Waals surface area contributed by atoms with Crippen LogP contribution in [0, 0.1) is 0 Å². The van der Waals surface area contributed by atoms with Crippen molar-refractivity contribution < 1.29 is 17.7 Å². The smallest absolute Gasteiger partial charge is 0.270 e. The maximum absolute atomic E-state index is 11.0. The van der Waals surface area contributed by atoms with Crippen LogP contribution in [0.3, 0.4) is 0 Å². The Morgan fingerprint density at radius 3 is 2.62 bits per heavy atom. The van der Waals surface area contributed by atoms with E-state index in [1.54, 1.807) is 0 Å². The van der Waals surface area contributed by atoms with Crippen molar-refractivity contribution in [3.63, 3.8) is 0 Å². The summed E-state index contributed by atoms with van der Waals surface area (Å²) in [4.78, 5) is 10.5. The van der Waals surface area contributed by atoms with Crippen LogP contribution in [0.1, 0.15) is 10.5 Å². The van der Waals surface area contributed by atoms with Crippen molar-refractivity contribution in [1.82, 2.24) is 5.16 Å². The van der Waals surface area contributed by atoms with Crippen LogP contribution in [0.15, 0.2) is 15.7 Å². The van der Waals surface area contributed by atoms with E-state index in [-0.39, 0.29) is 5.69 Å². The first kappa shape index (κ1) is 9.68. The first-order valence-electron chi connectivity index (χ1n) is 3.16. The topological polar surface area (TPSA) is 129 Å². The fraction of sp³-hybridized carbons (Fsp3) is 0.200. The molecule has 1 amide bonds. The van der Waals surface area contributed by atoms with Gasteiger partial charge >= 0.3 is 0 Å². The molecule has 0 aromatic carbocycles. The molecular formula is C5H7N3O4S. The highest BCUT2D eigenvalue weighted by molar-refractivity contribution is 7.91. The lowest BCUT2D eigenvalue weighted by molar-refractivity contribution is 0.0991. The van der Waals surface area contributed by atoms with Crippen LogP contribution in [-0.2, 0) is 9.84 Å². The van der Waals surface area contributed by atoms with Crippen molar-refractivity contribution in [3.05, 3.63) is 11.8 Å². The summed E-state index contributed by atoms with van der Waals surface area (Å²) >= 11 is 0.